The maximum Gasteiger partial charge on any atom is 0.252 e. The van der Waals surface area contributed by atoms with Gasteiger partial charge in [0, 0.05) is 18.5 Å². The average Bonchev–Trinajstić information content (AvgIpc) is 2.50. The molecule has 1 saturated carbocycles. The van der Waals surface area contributed by atoms with Crippen LogP contribution in [0.4, 0.5) is 5.82 Å². The molecule has 0 spiro atoms. The third kappa shape index (κ3) is 6.38. The van der Waals surface area contributed by atoms with Crippen molar-refractivity contribution in [1.82, 2.24) is 10.3 Å². The Morgan fingerprint density at radius 1 is 1.26 bits per heavy atom. The second kappa shape index (κ2) is 9.28. The second-order valence-electron chi connectivity index (χ2n) is 6.51. The molecule has 1 aliphatic carbocycles. The molecule has 1 amide bonds. The number of pyridine rings is 1. The smallest absolute Gasteiger partial charge is 0.252 e. The summed E-state index contributed by atoms with van der Waals surface area (Å²) in [5.74, 6) is 1.57. The molecule has 0 radical (unpaired) electrons. The highest BCUT2D eigenvalue weighted by molar-refractivity contribution is 5.94. The summed E-state index contributed by atoms with van der Waals surface area (Å²) in [6.45, 7) is 4.55. The lowest BCUT2D eigenvalue weighted by Gasteiger charge is -2.24. The van der Waals surface area contributed by atoms with Gasteiger partial charge in [0.25, 0.3) is 5.91 Å². The number of rotatable bonds is 9. The number of nitrogens with zero attached hydrogens (tertiary/aromatic N) is 2. The van der Waals surface area contributed by atoms with E-state index < -0.39 is 0 Å². The minimum atomic E-state index is -0.0572. The van der Waals surface area contributed by atoms with Crippen LogP contribution in [0.1, 0.15) is 69.2 Å². The lowest BCUT2D eigenvalue weighted by atomic mass is 9.82. The van der Waals surface area contributed by atoms with Crippen molar-refractivity contribution in [2.75, 3.05) is 12.0 Å². The SMILES string of the molecule is CC(C)=NNc1ccc(C(=O)NCCCCCC2CCC2)cn1. The van der Waals surface area contributed by atoms with E-state index in [0.29, 0.717) is 11.4 Å². The Balaban J connectivity index is 1.61. The molecule has 0 aromatic carbocycles. The fourth-order valence-electron chi connectivity index (χ4n) is 2.58. The Labute approximate surface area is 139 Å². The minimum absolute atomic E-state index is 0.0572. The van der Waals surface area contributed by atoms with Gasteiger partial charge in [-0.05, 0) is 38.3 Å². The summed E-state index contributed by atoms with van der Waals surface area (Å²) in [5.41, 5.74) is 4.35. The van der Waals surface area contributed by atoms with Crippen molar-refractivity contribution in [1.29, 1.82) is 0 Å². The molecule has 23 heavy (non-hydrogen) atoms. The zero-order valence-electron chi connectivity index (χ0n) is 14.3. The van der Waals surface area contributed by atoms with E-state index in [1.165, 1.54) is 38.5 Å². The van der Waals surface area contributed by atoms with Gasteiger partial charge < -0.3 is 5.32 Å². The molecule has 5 nitrogen and oxygen atoms in total. The molecule has 1 aliphatic rings. The number of aromatic nitrogens is 1. The third-order valence-electron chi connectivity index (χ3n) is 4.22. The first-order chi connectivity index (χ1) is 11.1. The first-order valence-electron chi connectivity index (χ1n) is 8.66. The van der Waals surface area contributed by atoms with Crippen molar-refractivity contribution < 1.29 is 4.79 Å². The van der Waals surface area contributed by atoms with Gasteiger partial charge in [0.05, 0.1) is 5.56 Å². The molecule has 126 valence electrons. The molecule has 0 aliphatic heterocycles. The summed E-state index contributed by atoms with van der Waals surface area (Å²) in [6.07, 6.45) is 10.8. The average molecular weight is 316 g/mol. The monoisotopic (exact) mass is 316 g/mol. The highest BCUT2D eigenvalue weighted by atomic mass is 16.1. The van der Waals surface area contributed by atoms with Gasteiger partial charge in [-0.3, -0.25) is 10.2 Å². The third-order valence-corrected chi connectivity index (χ3v) is 4.22. The number of amides is 1. The molecular formula is C18H28N4O. The van der Waals surface area contributed by atoms with E-state index in [1.807, 2.05) is 13.8 Å². The molecule has 1 heterocycles. The lowest BCUT2D eigenvalue weighted by molar-refractivity contribution is 0.0952. The van der Waals surface area contributed by atoms with Gasteiger partial charge in [-0.15, -0.1) is 0 Å². The molecule has 0 atom stereocenters. The van der Waals surface area contributed by atoms with Crippen LogP contribution in [0.2, 0.25) is 0 Å². The predicted molar refractivity (Wildman–Crippen MR) is 94.8 cm³/mol. The van der Waals surface area contributed by atoms with E-state index in [4.69, 9.17) is 0 Å². The zero-order valence-corrected chi connectivity index (χ0v) is 14.3. The summed E-state index contributed by atoms with van der Waals surface area (Å²) in [4.78, 5) is 16.2. The molecule has 1 fully saturated rings. The van der Waals surface area contributed by atoms with Crippen LogP contribution in [0.5, 0.6) is 0 Å². The molecule has 0 saturated heterocycles. The zero-order chi connectivity index (χ0) is 16.5. The Bertz CT molecular complexity index is 516. The first-order valence-corrected chi connectivity index (χ1v) is 8.66. The van der Waals surface area contributed by atoms with Crippen LogP contribution < -0.4 is 10.7 Å². The fourth-order valence-corrected chi connectivity index (χ4v) is 2.58. The van der Waals surface area contributed by atoms with Crippen LogP contribution >= 0.6 is 0 Å². The maximum atomic E-state index is 12.0. The van der Waals surface area contributed by atoms with Crippen LogP contribution in [-0.4, -0.2) is 23.1 Å². The van der Waals surface area contributed by atoms with Crippen LogP contribution in [0, 0.1) is 5.92 Å². The largest absolute Gasteiger partial charge is 0.352 e. The summed E-state index contributed by atoms with van der Waals surface area (Å²) >= 11 is 0. The molecule has 5 heteroatoms. The van der Waals surface area contributed by atoms with E-state index in [0.717, 1.165) is 24.6 Å². The van der Waals surface area contributed by atoms with Crippen molar-refractivity contribution in [3.8, 4) is 0 Å². The quantitative estimate of drug-likeness (QED) is 0.411. The van der Waals surface area contributed by atoms with E-state index >= 15 is 0 Å². The Kier molecular flexibility index (Phi) is 7.04. The topological polar surface area (TPSA) is 66.4 Å². The van der Waals surface area contributed by atoms with E-state index in [-0.39, 0.29) is 5.91 Å². The number of anilines is 1. The predicted octanol–water partition coefficient (Wildman–Crippen LogP) is 3.98. The molecule has 0 bridgehead atoms. The van der Waals surface area contributed by atoms with Gasteiger partial charge >= 0.3 is 0 Å². The number of hydrogen-bond acceptors (Lipinski definition) is 4. The molecule has 2 N–H and O–H groups in total. The highest BCUT2D eigenvalue weighted by Gasteiger charge is 2.16. The van der Waals surface area contributed by atoms with E-state index in [2.05, 4.69) is 20.8 Å². The van der Waals surface area contributed by atoms with Gasteiger partial charge in [-0.1, -0.05) is 38.5 Å². The van der Waals surface area contributed by atoms with Gasteiger partial charge in [-0.2, -0.15) is 5.10 Å². The molecule has 1 aromatic heterocycles. The minimum Gasteiger partial charge on any atom is -0.352 e. The maximum absolute atomic E-state index is 12.0. The van der Waals surface area contributed by atoms with E-state index in [9.17, 15) is 4.79 Å². The Morgan fingerprint density at radius 2 is 2.09 bits per heavy atom. The molecule has 2 rings (SSSR count). The van der Waals surface area contributed by atoms with Crippen molar-refractivity contribution in [2.24, 2.45) is 11.0 Å². The number of carbonyl (C=O) groups excluding carboxylic acids is 1. The van der Waals surface area contributed by atoms with Crippen LogP contribution in [0.15, 0.2) is 23.4 Å². The summed E-state index contributed by atoms with van der Waals surface area (Å²) in [7, 11) is 0. The first kappa shape index (κ1) is 17.4. The van der Waals surface area contributed by atoms with E-state index in [1.54, 1.807) is 18.3 Å². The number of nitrogens with one attached hydrogen (secondary N) is 2. The standard InChI is InChI=1S/C18H28N4O/c1-14(2)21-22-17-11-10-16(13-20-17)18(23)19-12-5-3-4-7-15-8-6-9-15/h10-11,13,15H,3-9,12H2,1-2H3,(H,19,23)(H,20,22). The second-order valence-corrected chi connectivity index (χ2v) is 6.51. The Morgan fingerprint density at radius 3 is 2.70 bits per heavy atom. The normalized spacial score (nSPS) is 14.0. The summed E-state index contributed by atoms with van der Waals surface area (Å²) in [6, 6.07) is 3.53. The lowest BCUT2D eigenvalue weighted by Crippen LogP contribution is -2.24. The molecular weight excluding hydrogens is 288 g/mol. The molecule has 1 aromatic rings. The van der Waals surface area contributed by atoms with Crippen LogP contribution in [-0.2, 0) is 0 Å². The molecule has 0 unspecified atom stereocenters. The van der Waals surface area contributed by atoms with Gasteiger partial charge in [0.1, 0.15) is 5.82 Å². The van der Waals surface area contributed by atoms with Crippen LogP contribution in [0.3, 0.4) is 0 Å². The Hall–Kier alpha value is -1.91. The van der Waals surface area contributed by atoms with Gasteiger partial charge in [0.2, 0.25) is 0 Å². The fraction of sp³-hybridized carbons (Fsp3) is 0.611. The number of unbranched alkanes of at least 4 members (excludes halogenated alkanes) is 2. The number of hydrazone groups is 1. The van der Waals surface area contributed by atoms with Gasteiger partial charge in [0.15, 0.2) is 0 Å². The highest BCUT2D eigenvalue weighted by Crippen LogP contribution is 2.30. The summed E-state index contributed by atoms with van der Waals surface area (Å²) < 4.78 is 0. The van der Waals surface area contributed by atoms with Gasteiger partial charge in [-0.25, -0.2) is 4.98 Å². The number of carbonyl (C=O) groups is 1. The van der Waals surface area contributed by atoms with Crippen molar-refractivity contribution in [3.05, 3.63) is 23.9 Å². The van der Waals surface area contributed by atoms with Crippen LogP contribution in [0.25, 0.3) is 0 Å². The van der Waals surface area contributed by atoms with Crippen molar-refractivity contribution in [3.63, 3.8) is 0 Å². The summed E-state index contributed by atoms with van der Waals surface area (Å²) in [5, 5.41) is 7.03. The van der Waals surface area contributed by atoms with Crippen molar-refractivity contribution >= 4 is 17.4 Å². The number of hydrogen-bond donors (Lipinski definition) is 2. The van der Waals surface area contributed by atoms with Crippen molar-refractivity contribution in [2.45, 2.75) is 58.8 Å².